The van der Waals surface area contributed by atoms with E-state index >= 15 is 0 Å². The van der Waals surface area contributed by atoms with Gasteiger partial charge in [-0.15, -0.1) is 0 Å². The van der Waals surface area contributed by atoms with Gasteiger partial charge in [0.05, 0.1) is 22.5 Å². The summed E-state index contributed by atoms with van der Waals surface area (Å²) in [5, 5.41) is 3.67. The number of hydrogen-bond acceptors (Lipinski definition) is 5. The van der Waals surface area contributed by atoms with Crippen LogP contribution in [-0.2, 0) is 20.0 Å². The molecule has 3 rings (SSSR count). The van der Waals surface area contributed by atoms with Gasteiger partial charge in [-0.2, -0.15) is 0 Å². The lowest BCUT2D eigenvalue weighted by Crippen LogP contribution is -2.46. The number of hydrogen-bond donors (Lipinski definition) is 1. The topological polar surface area (TPSA) is 86.8 Å². The maximum absolute atomic E-state index is 13.7. The molecular formula is C22H30ClN3O4S2. The Morgan fingerprint density at radius 1 is 1.00 bits per heavy atom. The summed E-state index contributed by atoms with van der Waals surface area (Å²) in [4.78, 5) is 0.0400. The first-order valence-corrected chi connectivity index (χ1v) is 14.3. The Labute approximate surface area is 196 Å². The van der Waals surface area contributed by atoms with E-state index in [4.69, 9.17) is 11.6 Å². The quantitative estimate of drug-likeness (QED) is 0.598. The maximum Gasteiger partial charge on any atom is 0.264 e. The Balaban J connectivity index is 2.07. The molecular weight excluding hydrogens is 470 g/mol. The highest BCUT2D eigenvalue weighted by Gasteiger charge is 2.31. The Morgan fingerprint density at radius 2 is 1.62 bits per heavy atom. The number of rotatable bonds is 8. The van der Waals surface area contributed by atoms with Crippen molar-refractivity contribution in [2.24, 2.45) is 5.92 Å². The van der Waals surface area contributed by atoms with Crippen LogP contribution in [-0.4, -0.2) is 48.8 Å². The average molecular weight is 500 g/mol. The van der Waals surface area contributed by atoms with E-state index in [9.17, 15) is 16.8 Å². The summed E-state index contributed by atoms with van der Waals surface area (Å²) in [6.07, 6.45) is 2.48. The Kier molecular flexibility index (Phi) is 7.75. The van der Waals surface area contributed by atoms with E-state index in [1.54, 1.807) is 36.4 Å². The van der Waals surface area contributed by atoms with Crippen LogP contribution in [0.25, 0.3) is 0 Å². The predicted octanol–water partition coefficient (Wildman–Crippen LogP) is 3.71. The van der Waals surface area contributed by atoms with Crippen molar-refractivity contribution in [3.8, 4) is 0 Å². The number of nitrogens with zero attached hydrogens (tertiary/aromatic N) is 2. The van der Waals surface area contributed by atoms with E-state index in [0.29, 0.717) is 42.3 Å². The fraction of sp³-hybridized carbons (Fsp3) is 0.455. The van der Waals surface area contributed by atoms with Gasteiger partial charge in [-0.05, 0) is 68.2 Å². The molecule has 0 unspecified atom stereocenters. The van der Waals surface area contributed by atoms with Crippen LogP contribution in [0.5, 0.6) is 0 Å². The Hall–Kier alpha value is -1.81. The molecule has 0 aliphatic carbocycles. The third kappa shape index (κ3) is 5.75. The smallest absolute Gasteiger partial charge is 0.264 e. The van der Waals surface area contributed by atoms with Crippen molar-refractivity contribution in [2.45, 2.75) is 37.6 Å². The second-order valence-corrected chi connectivity index (χ2v) is 12.6. The number of anilines is 2. The van der Waals surface area contributed by atoms with Crippen molar-refractivity contribution in [1.29, 1.82) is 0 Å². The van der Waals surface area contributed by atoms with Crippen LogP contribution in [0.2, 0.25) is 5.02 Å². The number of halogens is 1. The molecule has 176 valence electrons. The SMILES string of the molecule is CC(C)CN(c1cccc(Cl)c1)S(=O)(=O)c1cccc(N(C2CCNCC2)S(C)(=O)=O)c1. The lowest BCUT2D eigenvalue weighted by Gasteiger charge is -2.34. The largest absolute Gasteiger partial charge is 0.317 e. The van der Waals surface area contributed by atoms with Gasteiger partial charge in [0, 0.05) is 17.6 Å². The van der Waals surface area contributed by atoms with E-state index in [-0.39, 0.29) is 23.4 Å². The molecule has 1 N–H and O–H groups in total. The van der Waals surface area contributed by atoms with Gasteiger partial charge in [0.2, 0.25) is 10.0 Å². The molecule has 0 atom stereocenters. The van der Waals surface area contributed by atoms with Gasteiger partial charge < -0.3 is 5.32 Å². The van der Waals surface area contributed by atoms with Crippen LogP contribution in [0.3, 0.4) is 0 Å². The number of benzene rings is 2. The van der Waals surface area contributed by atoms with Crippen molar-refractivity contribution in [1.82, 2.24) is 5.32 Å². The molecule has 10 heteroatoms. The zero-order valence-corrected chi connectivity index (χ0v) is 20.9. The molecule has 0 spiro atoms. The van der Waals surface area contributed by atoms with E-state index in [1.165, 1.54) is 20.7 Å². The van der Waals surface area contributed by atoms with E-state index in [2.05, 4.69) is 5.32 Å². The van der Waals surface area contributed by atoms with E-state index < -0.39 is 20.0 Å². The Morgan fingerprint density at radius 3 is 2.22 bits per heavy atom. The van der Waals surface area contributed by atoms with Crippen LogP contribution in [0, 0.1) is 5.92 Å². The Bertz CT molecular complexity index is 1150. The summed E-state index contributed by atoms with van der Waals surface area (Å²) in [7, 11) is -7.55. The van der Waals surface area contributed by atoms with Crippen molar-refractivity contribution >= 4 is 43.0 Å². The second kappa shape index (κ2) is 9.99. The molecule has 0 aromatic heterocycles. The van der Waals surface area contributed by atoms with Gasteiger partial charge in [0.25, 0.3) is 10.0 Å². The first-order valence-electron chi connectivity index (χ1n) is 10.6. The summed E-state index contributed by atoms with van der Waals surface area (Å²) in [6.45, 7) is 5.56. The molecule has 1 aliphatic heterocycles. The molecule has 1 fully saturated rings. The zero-order valence-electron chi connectivity index (χ0n) is 18.5. The van der Waals surface area contributed by atoms with Crippen LogP contribution in [0.15, 0.2) is 53.4 Å². The lowest BCUT2D eigenvalue weighted by atomic mass is 10.1. The number of nitrogens with one attached hydrogen (secondary N) is 1. The minimum atomic E-state index is -3.96. The molecule has 1 aliphatic rings. The van der Waals surface area contributed by atoms with Crippen molar-refractivity contribution in [2.75, 3.05) is 34.5 Å². The van der Waals surface area contributed by atoms with Crippen LogP contribution < -0.4 is 13.9 Å². The average Bonchev–Trinajstić information content (AvgIpc) is 2.72. The van der Waals surface area contributed by atoms with Crippen molar-refractivity contribution in [3.63, 3.8) is 0 Å². The standard InChI is InChI=1S/C22H30ClN3O4S2/c1-17(2)16-25(20-7-4-6-18(23)14-20)32(29,30)22-9-5-8-21(15-22)26(31(3,27)28)19-10-12-24-13-11-19/h4-9,14-15,17,19,24H,10-13,16H2,1-3H3. The lowest BCUT2D eigenvalue weighted by molar-refractivity contribution is 0.454. The molecule has 1 heterocycles. The highest BCUT2D eigenvalue weighted by molar-refractivity contribution is 7.93. The minimum Gasteiger partial charge on any atom is -0.317 e. The normalized spacial score (nSPS) is 15.7. The van der Waals surface area contributed by atoms with Gasteiger partial charge >= 0.3 is 0 Å². The van der Waals surface area contributed by atoms with Crippen LogP contribution in [0.1, 0.15) is 26.7 Å². The molecule has 1 saturated heterocycles. The van der Waals surface area contributed by atoms with Gasteiger partial charge in [-0.3, -0.25) is 8.61 Å². The fourth-order valence-corrected chi connectivity index (χ4v) is 7.02. The number of piperidine rings is 1. The van der Waals surface area contributed by atoms with Crippen molar-refractivity contribution in [3.05, 3.63) is 53.6 Å². The molecule has 0 bridgehead atoms. The molecule has 0 radical (unpaired) electrons. The van der Waals surface area contributed by atoms with Crippen LogP contribution >= 0.6 is 11.6 Å². The number of sulfonamides is 2. The first-order chi connectivity index (χ1) is 15.0. The van der Waals surface area contributed by atoms with E-state index in [0.717, 1.165) is 6.26 Å². The van der Waals surface area contributed by atoms with E-state index in [1.807, 2.05) is 13.8 Å². The summed E-state index contributed by atoms with van der Waals surface area (Å²) >= 11 is 6.12. The highest BCUT2D eigenvalue weighted by atomic mass is 35.5. The van der Waals surface area contributed by atoms with Crippen molar-refractivity contribution < 1.29 is 16.8 Å². The van der Waals surface area contributed by atoms with Gasteiger partial charge in [-0.25, -0.2) is 16.8 Å². The zero-order chi connectivity index (χ0) is 23.5. The third-order valence-electron chi connectivity index (χ3n) is 5.28. The molecule has 2 aromatic carbocycles. The highest BCUT2D eigenvalue weighted by Crippen LogP contribution is 2.31. The summed E-state index contributed by atoms with van der Waals surface area (Å²) < 4.78 is 55.4. The molecule has 0 amide bonds. The molecule has 2 aromatic rings. The fourth-order valence-electron chi connectivity index (χ4n) is 3.93. The third-order valence-corrected chi connectivity index (χ3v) is 8.53. The minimum absolute atomic E-state index is 0.0400. The predicted molar refractivity (Wildman–Crippen MR) is 130 cm³/mol. The summed E-state index contributed by atoms with van der Waals surface area (Å²) in [6, 6.07) is 12.7. The monoisotopic (exact) mass is 499 g/mol. The molecule has 0 saturated carbocycles. The maximum atomic E-state index is 13.7. The van der Waals surface area contributed by atoms with Gasteiger partial charge in [0.15, 0.2) is 0 Å². The second-order valence-electron chi connectivity index (χ2n) is 8.45. The summed E-state index contributed by atoms with van der Waals surface area (Å²) in [5.41, 5.74) is 0.825. The van der Waals surface area contributed by atoms with Gasteiger partial charge in [-0.1, -0.05) is 37.6 Å². The van der Waals surface area contributed by atoms with Crippen LogP contribution in [0.4, 0.5) is 11.4 Å². The molecule has 32 heavy (non-hydrogen) atoms. The summed E-state index contributed by atoms with van der Waals surface area (Å²) in [5.74, 6) is 0.0641. The molecule has 7 nitrogen and oxygen atoms in total. The first kappa shape index (κ1) is 24.8. The van der Waals surface area contributed by atoms with Gasteiger partial charge in [0.1, 0.15) is 0 Å².